The molecule has 0 aromatic heterocycles. The third kappa shape index (κ3) is 38.2. The van der Waals surface area contributed by atoms with E-state index in [1.54, 1.807) is 0 Å². The van der Waals surface area contributed by atoms with Gasteiger partial charge in [-0.05, 0) is 38.5 Å². The van der Waals surface area contributed by atoms with Crippen LogP contribution in [0.15, 0.2) is 5.16 Å². The van der Waals surface area contributed by atoms with E-state index < -0.39 is 0 Å². The van der Waals surface area contributed by atoms with Crippen LogP contribution in [0.5, 0.6) is 0 Å². The zero-order valence-electron chi connectivity index (χ0n) is 16.2. The lowest BCUT2D eigenvalue weighted by atomic mass is 10.1. The Hall–Kier alpha value is -0.860. The summed E-state index contributed by atoms with van der Waals surface area (Å²) in [5.41, 5.74) is 1.05. The van der Waals surface area contributed by atoms with E-state index >= 15 is 0 Å². The van der Waals surface area contributed by atoms with Gasteiger partial charge in [0.05, 0.1) is 5.71 Å². The van der Waals surface area contributed by atoms with Crippen molar-refractivity contribution in [2.24, 2.45) is 11.1 Å². The minimum atomic E-state index is 0.630. The molecule has 0 unspecified atom stereocenters. The van der Waals surface area contributed by atoms with Crippen molar-refractivity contribution in [1.82, 2.24) is 0 Å². The fourth-order valence-electron chi connectivity index (χ4n) is 1.35. The maximum absolute atomic E-state index is 10.0. The first-order chi connectivity index (χ1) is 10.2. The number of carbonyl (C=O) groups is 1. The molecule has 0 N–H and O–H groups in total. The Bertz CT molecular complexity index is 190. The molecule has 0 amide bonds. The molecule has 0 rings (SSSR count). The minimum Gasteiger partial charge on any atom is -0.396 e. The minimum absolute atomic E-state index is 0.630. The summed E-state index contributed by atoms with van der Waals surface area (Å²) in [5.74, 6) is 0.630. The van der Waals surface area contributed by atoms with Crippen molar-refractivity contribution in [1.29, 1.82) is 0 Å². The average molecular weight is 304 g/mol. The van der Waals surface area contributed by atoms with Crippen LogP contribution >= 0.6 is 0 Å². The molecule has 130 valence electrons. The average Bonchev–Trinajstić information content (AvgIpc) is 2.52. The van der Waals surface area contributed by atoms with Crippen LogP contribution in [-0.2, 0) is 9.63 Å². The molecular formula is C18H41NO2. The number of unbranched alkanes of at least 4 members (excludes halogenated alkanes) is 3. The van der Waals surface area contributed by atoms with Gasteiger partial charge in [-0.25, -0.2) is 0 Å². The van der Waals surface area contributed by atoms with Crippen molar-refractivity contribution < 1.29 is 9.63 Å². The maximum Gasteiger partial charge on any atom is 0.119 e. The van der Waals surface area contributed by atoms with Crippen LogP contribution in [0.1, 0.15) is 94.4 Å². The summed E-state index contributed by atoms with van der Waals surface area (Å²) in [6, 6.07) is 0. The van der Waals surface area contributed by atoms with Gasteiger partial charge in [-0.15, -0.1) is 0 Å². The van der Waals surface area contributed by atoms with Crippen molar-refractivity contribution in [2.45, 2.75) is 94.4 Å². The summed E-state index contributed by atoms with van der Waals surface area (Å²) in [6.07, 6.45) is 5.60. The van der Waals surface area contributed by atoms with Crippen LogP contribution in [0.25, 0.3) is 0 Å². The summed E-state index contributed by atoms with van der Waals surface area (Å²) in [4.78, 5) is 15.2. The molecule has 0 fully saturated rings. The Kier molecular flexibility index (Phi) is 42.5. The number of oxime groups is 1. The lowest BCUT2D eigenvalue weighted by Gasteiger charge is -2.04. The second-order valence-corrected chi connectivity index (χ2v) is 4.27. The van der Waals surface area contributed by atoms with Crippen LogP contribution in [0.4, 0.5) is 0 Å². The van der Waals surface area contributed by atoms with Gasteiger partial charge < -0.3 is 9.63 Å². The van der Waals surface area contributed by atoms with Gasteiger partial charge in [0, 0.05) is 6.42 Å². The number of rotatable bonds is 9. The van der Waals surface area contributed by atoms with Crippen LogP contribution in [0.2, 0.25) is 0 Å². The number of hydrogen-bond acceptors (Lipinski definition) is 3. The van der Waals surface area contributed by atoms with E-state index in [2.05, 4.69) is 19.0 Å². The van der Waals surface area contributed by atoms with Gasteiger partial charge in [-0.1, -0.05) is 60.5 Å². The molecule has 3 nitrogen and oxygen atoms in total. The summed E-state index contributed by atoms with van der Waals surface area (Å²) >= 11 is 0. The highest BCUT2D eigenvalue weighted by atomic mass is 16.6. The zero-order valence-corrected chi connectivity index (χ0v) is 16.2. The highest BCUT2D eigenvalue weighted by Crippen LogP contribution is 2.02. The summed E-state index contributed by atoms with van der Waals surface area (Å²) in [6.45, 7) is 19.0. The van der Waals surface area contributed by atoms with E-state index in [9.17, 15) is 4.79 Å². The van der Waals surface area contributed by atoms with Gasteiger partial charge in [0.2, 0.25) is 0 Å². The molecule has 0 aliphatic heterocycles. The van der Waals surface area contributed by atoms with E-state index in [0.29, 0.717) is 18.9 Å². The van der Waals surface area contributed by atoms with E-state index in [-0.39, 0.29) is 0 Å². The van der Waals surface area contributed by atoms with Gasteiger partial charge in [0.15, 0.2) is 0 Å². The van der Waals surface area contributed by atoms with E-state index in [1.165, 1.54) is 0 Å². The molecule has 0 aromatic carbocycles. The Balaban J connectivity index is -0.000000212. The van der Waals surface area contributed by atoms with E-state index in [4.69, 9.17) is 4.84 Å². The SMILES string of the molecule is C/C(CC(C)C)=N\OCCCCCC=O.CC.CC.CC. The van der Waals surface area contributed by atoms with Gasteiger partial charge in [-0.2, -0.15) is 0 Å². The third-order valence-corrected chi connectivity index (χ3v) is 1.98. The van der Waals surface area contributed by atoms with Gasteiger partial charge >= 0.3 is 0 Å². The first-order valence-corrected chi connectivity index (χ1v) is 8.76. The molecule has 0 bridgehead atoms. The monoisotopic (exact) mass is 303 g/mol. The van der Waals surface area contributed by atoms with Crippen molar-refractivity contribution in [2.75, 3.05) is 6.61 Å². The fourth-order valence-corrected chi connectivity index (χ4v) is 1.35. The second-order valence-electron chi connectivity index (χ2n) is 4.27. The number of carbonyl (C=O) groups excluding carboxylic acids is 1. The Morgan fingerprint density at radius 3 is 1.95 bits per heavy atom. The third-order valence-electron chi connectivity index (χ3n) is 1.98. The smallest absolute Gasteiger partial charge is 0.119 e. The zero-order chi connectivity index (χ0) is 17.5. The fraction of sp³-hybridized carbons (Fsp3) is 0.889. The summed E-state index contributed by atoms with van der Waals surface area (Å²) in [5, 5.41) is 4.03. The van der Waals surface area contributed by atoms with Crippen molar-refractivity contribution >= 4 is 12.0 Å². The molecular weight excluding hydrogens is 262 g/mol. The molecule has 0 saturated carbocycles. The van der Waals surface area contributed by atoms with Gasteiger partial charge in [-0.3, -0.25) is 0 Å². The molecule has 0 heterocycles. The molecule has 3 heteroatoms. The predicted octanol–water partition coefficient (Wildman–Crippen LogP) is 6.26. The van der Waals surface area contributed by atoms with Gasteiger partial charge in [0.1, 0.15) is 12.9 Å². The van der Waals surface area contributed by atoms with Crippen LogP contribution in [0, 0.1) is 5.92 Å². The molecule has 21 heavy (non-hydrogen) atoms. The highest BCUT2D eigenvalue weighted by molar-refractivity contribution is 5.81. The number of aldehydes is 1. The summed E-state index contributed by atoms with van der Waals surface area (Å²) in [7, 11) is 0. The lowest BCUT2D eigenvalue weighted by molar-refractivity contribution is -0.107. The molecule has 0 spiro atoms. The first kappa shape index (κ1) is 28.3. The molecule has 0 aliphatic rings. The molecule has 0 atom stereocenters. The molecule has 0 saturated heterocycles. The first-order valence-electron chi connectivity index (χ1n) is 8.76. The normalized spacial score (nSPS) is 9.33. The topological polar surface area (TPSA) is 38.7 Å². The van der Waals surface area contributed by atoms with E-state index in [0.717, 1.165) is 37.7 Å². The maximum atomic E-state index is 10.0. The number of hydrogen-bond donors (Lipinski definition) is 0. The van der Waals surface area contributed by atoms with Crippen molar-refractivity contribution in [3.8, 4) is 0 Å². The number of nitrogens with zero attached hydrogens (tertiary/aromatic N) is 1. The highest BCUT2D eigenvalue weighted by Gasteiger charge is 1.97. The predicted molar refractivity (Wildman–Crippen MR) is 97.1 cm³/mol. The lowest BCUT2D eigenvalue weighted by Crippen LogP contribution is -2.00. The van der Waals surface area contributed by atoms with E-state index in [1.807, 2.05) is 48.5 Å². The Labute approximate surface area is 134 Å². The Morgan fingerprint density at radius 1 is 1.00 bits per heavy atom. The largest absolute Gasteiger partial charge is 0.396 e. The van der Waals surface area contributed by atoms with Crippen molar-refractivity contribution in [3.63, 3.8) is 0 Å². The molecule has 0 aromatic rings. The van der Waals surface area contributed by atoms with Crippen LogP contribution in [0.3, 0.4) is 0 Å². The summed E-state index contributed by atoms with van der Waals surface area (Å²) < 4.78 is 0. The second kappa shape index (κ2) is 31.5. The molecule has 0 radical (unpaired) electrons. The van der Waals surface area contributed by atoms with Crippen LogP contribution in [-0.4, -0.2) is 18.6 Å². The molecule has 0 aliphatic carbocycles. The standard InChI is InChI=1S/C12H23NO2.3C2H6/c1-11(2)10-12(3)13-15-9-7-5-4-6-8-14;3*1-2/h8,11H,4-7,9-10H2,1-3H3;3*1-2H3/b13-12+;;;. The quantitative estimate of drug-likeness (QED) is 0.218. The van der Waals surface area contributed by atoms with Gasteiger partial charge in [0.25, 0.3) is 0 Å². The Morgan fingerprint density at radius 2 is 1.52 bits per heavy atom. The van der Waals surface area contributed by atoms with Crippen LogP contribution < -0.4 is 0 Å². The van der Waals surface area contributed by atoms with Crippen molar-refractivity contribution in [3.05, 3.63) is 0 Å².